The second kappa shape index (κ2) is 13.7. The molecule has 1 aromatic rings. The molecule has 1 fully saturated rings. The number of amides is 1. The largest absolute Gasteiger partial charge is 0.381 e. The first kappa shape index (κ1) is 24.6. The van der Waals surface area contributed by atoms with Gasteiger partial charge in [-0.15, -0.1) is 24.0 Å². The monoisotopic (exact) mass is 504 g/mol. The molecule has 1 aliphatic heterocycles. The van der Waals surface area contributed by atoms with Gasteiger partial charge in [0.1, 0.15) is 0 Å². The van der Waals surface area contributed by atoms with Crippen LogP contribution in [0.2, 0.25) is 0 Å². The number of hydrogen-bond acceptors (Lipinski definition) is 4. The van der Waals surface area contributed by atoms with E-state index in [1.807, 2.05) is 13.0 Å². The molecule has 1 saturated heterocycles. The third-order valence-electron chi connectivity index (χ3n) is 4.32. The maximum atomic E-state index is 11.7. The van der Waals surface area contributed by atoms with Gasteiger partial charge in [0.05, 0.1) is 25.8 Å². The predicted molar refractivity (Wildman–Crippen MR) is 122 cm³/mol. The van der Waals surface area contributed by atoms with Gasteiger partial charge in [0.25, 0.3) is 0 Å². The molecule has 28 heavy (non-hydrogen) atoms. The van der Waals surface area contributed by atoms with Gasteiger partial charge in [0.2, 0.25) is 5.91 Å². The molecule has 0 bridgehead atoms. The van der Waals surface area contributed by atoms with Crippen LogP contribution in [-0.2, 0) is 27.4 Å². The van der Waals surface area contributed by atoms with Gasteiger partial charge in [0.15, 0.2) is 5.96 Å². The van der Waals surface area contributed by atoms with Crippen molar-refractivity contribution in [2.24, 2.45) is 4.99 Å². The summed E-state index contributed by atoms with van der Waals surface area (Å²) in [6.45, 7) is 5.68. The number of likely N-dealkylation sites (N-methyl/N-ethyl adjacent to an activating group) is 1. The number of aliphatic imine (C=N–C) groups is 1. The molecule has 1 aliphatic rings. The number of guanidine groups is 1. The molecule has 1 heterocycles. The van der Waals surface area contributed by atoms with Crippen LogP contribution >= 0.6 is 24.0 Å². The van der Waals surface area contributed by atoms with Crippen molar-refractivity contribution in [3.05, 3.63) is 35.4 Å². The lowest BCUT2D eigenvalue weighted by atomic mass is 10.1. The third kappa shape index (κ3) is 9.20. The molecular formula is C20H33IN4O3. The smallest absolute Gasteiger partial charge is 0.241 e. The molecule has 0 aromatic heterocycles. The van der Waals surface area contributed by atoms with Crippen LogP contribution in [0.5, 0.6) is 0 Å². The van der Waals surface area contributed by atoms with Crippen molar-refractivity contribution < 1.29 is 14.3 Å². The average Bonchev–Trinajstić information content (AvgIpc) is 2.69. The molecule has 0 unspecified atom stereocenters. The fraction of sp³-hybridized carbons (Fsp3) is 0.600. The normalized spacial score (nSPS) is 14.9. The quantitative estimate of drug-likeness (QED) is 0.323. The number of hydrogen-bond donors (Lipinski definition) is 2. The molecule has 1 amide bonds. The van der Waals surface area contributed by atoms with Crippen molar-refractivity contribution >= 4 is 35.8 Å². The van der Waals surface area contributed by atoms with Crippen molar-refractivity contribution in [2.75, 3.05) is 40.4 Å². The predicted octanol–water partition coefficient (Wildman–Crippen LogP) is 2.14. The maximum Gasteiger partial charge on any atom is 0.241 e. The number of benzene rings is 1. The molecule has 7 nitrogen and oxygen atoms in total. The van der Waals surface area contributed by atoms with Gasteiger partial charge < -0.3 is 25.0 Å². The Bertz CT molecular complexity index is 619. The van der Waals surface area contributed by atoms with E-state index in [2.05, 4.69) is 33.8 Å². The second-order valence-electron chi connectivity index (χ2n) is 6.78. The van der Waals surface area contributed by atoms with Crippen LogP contribution in [0.1, 0.15) is 30.9 Å². The van der Waals surface area contributed by atoms with E-state index in [1.54, 1.807) is 19.0 Å². The average molecular weight is 504 g/mol. The lowest BCUT2D eigenvalue weighted by Crippen LogP contribution is -2.42. The second-order valence-corrected chi connectivity index (χ2v) is 6.78. The Morgan fingerprint density at radius 1 is 1.25 bits per heavy atom. The summed E-state index contributed by atoms with van der Waals surface area (Å²) in [4.78, 5) is 17.9. The van der Waals surface area contributed by atoms with Crippen molar-refractivity contribution in [1.29, 1.82) is 0 Å². The fourth-order valence-electron chi connectivity index (χ4n) is 2.70. The van der Waals surface area contributed by atoms with Crippen LogP contribution in [0.15, 0.2) is 29.3 Å². The van der Waals surface area contributed by atoms with Crippen molar-refractivity contribution in [3.8, 4) is 0 Å². The molecule has 2 N–H and O–H groups in total. The van der Waals surface area contributed by atoms with E-state index in [0.717, 1.165) is 43.7 Å². The lowest BCUT2D eigenvalue weighted by molar-refractivity contribution is -0.127. The number of rotatable bonds is 8. The summed E-state index contributed by atoms with van der Waals surface area (Å²) in [5.41, 5.74) is 2.26. The van der Waals surface area contributed by atoms with E-state index < -0.39 is 0 Å². The van der Waals surface area contributed by atoms with Crippen LogP contribution in [0.4, 0.5) is 0 Å². The third-order valence-corrected chi connectivity index (χ3v) is 4.32. The minimum atomic E-state index is 0. The molecule has 0 radical (unpaired) electrons. The lowest BCUT2D eigenvalue weighted by Gasteiger charge is -2.22. The summed E-state index contributed by atoms with van der Waals surface area (Å²) in [6, 6.07) is 8.28. The standard InChI is InChI=1S/C20H32N4O3.HI/c1-4-21-20(23-14-19(25)24(2)3)22-13-16-6-5-7-17(12-16)15-27-18-8-10-26-11-9-18;/h5-7,12,18H,4,8-11,13-15H2,1-3H3,(H2,21,22,23);1H. The number of nitrogens with one attached hydrogen (secondary N) is 2. The Labute approximate surface area is 185 Å². The molecule has 8 heteroatoms. The van der Waals surface area contributed by atoms with E-state index in [9.17, 15) is 4.79 Å². The number of halogens is 1. The highest BCUT2D eigenvalue weighted by atomic mass is 127. The Hall–Kier alpha value is -1.39. The minimum absolute atomic E-state index is 0. The summed E-state index contributed by atoms with van der Waals surface area (Å²) in [7, 11) is 3.48. The van der Waals surface area contributed by atoms with E-state index in [1.165, 1.54) is 0 Å². The van der Waals surface area contributed by atoms with Gasteiger partial charge in [-0.3, -0.25) is 4.79 Å². The van der Waals surface area contributed by atoms with E-state index in [0.29, 0.717) is 25.2 Å². The first-order valence-corrected chi connectivity index (χ1v) is 9.58. The van der Waals surface area contributed by atoms with Crippen molar-refractivity contribution in [3.63, 3.8) is 0 Å². The Morgan fingerprint density at radius 2 is 1.96 bits per heavy atom. The molecule has 0 aliphatic carbocycles. The molecular weight excluding hydrogens is 471 g/mol. The number of nitrogens with zero attached hydrogens (tertiary/aromatic N) is 2. The van der Waals surface area contributed by atoms with Gasteiger partial charge in [-0.1, -0.05) is 24.3 Å². The van der Waals surface area contributed by atoms with Gasteiger partial charge >= 0.3 is 0 Å². The summed E-state index contributed by atoms with van der Waals surface area (Å²) in [5, 5.41) is 6.23. The SMILES string of the molecule is CCNC(=NCc1cccc(COC2CCOCC2)c1)NCC(=O)N(C)C.I. The Balaban J connectivity index is 0.00000392. The van der Waals surface area contributed by atoms with Gasteiger partial charge in [-0.25, -0.2) is 4.99 Å². The maximum absolute atomic E-state index is 11.7. The molecule has 0 saturated carbocycles. The van der Waals surface area contributed by atoms with Crippen LogP contribution < -0.4 is 10.6 Å². The summed E-state index contributed by atoms with van der Waals surface area (Å²) < 4.78 is 11.4. The van der Waals surface area contributed by atoms with Crippen LogP contribution in [-0.4, -0.2) is 63.3 Å². The molecule has 0 spiro atoms. The summed E-state index contributed by atoms with van der Waals surface area (Å²) in [6.07, 6.45) is 2.22. The number of carbonyl (C=O) groups is 1. The zero-order chi connectivity index (χ0) is 19.5. The minimum Gasteiger partial charge on any atom is -0.381 e. The van der Waals surface area contributed by atoms with Crippen LogP contribution in [0.3, 0.4) is 0 Å². The highest BCUT2D eigenvalue weighted by Crippen LogP contribution is 2.14. The van der Waals surface area contributed by atoms with E-state index in [4.69, 9.17) is 9.47 Å². The van der Waals surface area contributed by atoms with E-state index in [-0.39, 0.29) is 36.4 Å². The van der Waals surface area contributed by atoms with E-state index >= 15 is 0 Å². The molecule has 2 rings (SSSR count). The molecule has 1 aromatic carbocycles. The van der Waals surface area contributed by atoms with Gasteiger partial charge in [0, 0.05) is 33.9 Å². The highest BCUT2D eigenvalue weighted by molar-refractivity contribution is 14.0. The Morgan fingerprint density at radius 3 is 2.64 bits per heavy atom. The summed E-state index contributed by atoms with van der Waals surface area (Å²) >= 11 is 0. The van der Waals surface area contributed by atoms with Crippen LogP contribution in [0.25, 0.3) is 0 Å². The first-order valence-electron chi connectivity index (χ1n) is 9.58. The van der Waals surface area contributed by atoms with Gasteiger partial charge in [-0.05, 0) is 30.9 Å². The highest BCUT2D eigenvalue weighted by Gasteiger charge is 2.14. The molecule has 0 atom stereocenters. The number of ether oxygens (including phenoxy) is 2. The zero-order valence-corrected chi connectivity index (χ0v) is 19.4. The van der Waals surface area contributed by atoms with Crippen LogP contribution in [0, 0.1) is 0 Å². The first-order chi connectivity index (χ1) is 13.1. The Kier molecular flexibility index (Phi) is 12.1. The van der Waals surface area contributed by atoms with Crippen molar-refractivity contribution in [2.45, 2.75) is 39.0 Å². The van der Waals surface area contributed by atoms with Gasteiger partial charge in [-0.2, -0.15) is 0 Å². The fourth-order valence-corrected chi connectivity index (χ4v) is 2.70. The summed E-state index contributed by atoms with van der Waals surface area (Å²) in [5.74, 6) is 0.643. The zero-order valence-electron chi connectivity index (χ0n) is 17.1. The molecule has 158 valence electrons. The topological polar surface area (TPSA) is 75.2 Å². The number of carbonyl (C=O) groups excluding carboxylic acids is 1. The van der Waals surface area contributed by atoms with Crippen molar-refractivity contribution in [1.82, 2.24) is 15.5 Å².